The van der Waals surface area contributed by atoms with Crippen molar-refractivity contribution in [3.63, 3.8) is 0 Å². The fourth-order valence-electron chi connectivity index (χ4n) is 2.83. The molecule has 0 bridgehead atoms. The molecule has 6 heteroatoms. The molecule has 0 radical (unpaired) electrons. The number of benzene rings is 1. The van der Waals surface area contributed by atoms with Gasteiger partial charge in [-0.1, -0.05) is 30.3 Å². The molecular weight excluding hydrogens is 290 g/mol. The van der Waals surface area contributed by atoms with Gasteiger partial charge in [-0.3, -0.25) is 5.10 Å². The summed E-state index contributed by atoms with van der Waals surface area (Å²) in [5, 5.41) is 10.3. The number of nitrogens with zero attached hydrogens (tertiary/aromatic N) is 3. The third kappa shape index (κ3) is 3.52. The summed E-state index contributed by atoms with van der Waals surface area (Å²) >= 11 is 0. The Morgan fingerprint density at radius 3 is 2.74 bits per heavy atom. The van der Waals surface area contributed by atoms with Gasteiger partial charge in [0.1, 0.15) is 5.82 Å². The maximum absolute atomic E-state index is 12.5. The zero-order valence-electron chi connectivity index (χ0n) is 13.8. The van der Waals surface area contributed by atoms with Crippen LogP contribution in [-0.4, -0.2) is 38.2 Å². The number of aromatic nitrogens is 3. The summed E-state index contributed by atoms with van der Waals surface area (Å²) in [5.74, 6) is 1.43. The van der Waals surface area contributed by atoms with Crippen LogP contribution < -0.4 is 5.32 Å². The van der Waals surface area contributed by atoms with Crippen LogP contribution in [0.5, 0.6) is 0 Å². The highest BCUT2D eigenvalue weighted by Gasteiger charge is 2.33. The van der Waals surface area contributed by atoms with Gasteiger partial charge < -0.3 is 10.2 Å². The maximum atomic E-state index is 12.5. The molecule has 1 aromatic carbocycles. The second-order valence-corrected chi connectivity index (χ2v) is 6.94. The molecular formula is C17H23N5O. The fraction of sp³-hybridized carbons (Fsp3) is 0.471. The Morgan fingerprint density at radius 1 is 1.30 bits per heavy atom. The zero-order valence-corrected chi connectivity index (χ0v) is 13.8. The molecule has 0 aliphatic carbocycles. The summed E-state index contributed by atoms with van der Waals surface area (Å²) in [6.45, 7) is 6.70. The van der Waals surface area contributed by atoms with Gasteiger partial charge in [-0.2, -0.15) is 5.10 Å². The van der Waals surface area contributed by atoms with E-state index in [1.54, 1.807) is 0 Å². The van der Waals surface area contributed by atoms with Crippen LogP contribution in [-0.2, 0) is 0 Å². The van der Waals surface area contributed by atoms with Crippen molar-refractivity contribution in [2.75, 3.05) is 6.54 Å². The number of amides is 2. The predicted octanol–water partition coefficient (Wildman–Crippen LogP) is 3.12. The number of urea groups is 1. The van der Waals surface area contributed by atoms with Gasteiger partial charge >= 0.3 is 6.03 Å². The average Bonchev–Trinajstić information content (AvgIpc) is 3.15. The predicted molar refractivity (Wildman–Crippen MR) is 88.8 cm³/mol. The number of carbonyl (C=O) groups is 1. The lowest BCUT2D eigenvalue weighted by molar-refractivity contribution is 0.182. The first kappa shape index (κ1) is 15.5. The number of aromatic amines is 1. The van der Waals surface area contributed by atoms with Crippen molar-refractivity contribution < 1.29 is 4.79 Å². The number of rotatable bonds is 2. The van der Waals surface area contributed by atoms with E-state index in [0.29, 0.717) is 5.82 Å². The Kier molecular flexibility index (Phi) is 4.07. The van der Waals surface area contributed by atoms with Crippen LogP contribution in [0.4, 0.5) is 4.79 Å². The molecule has 1 saturated heterocycles. The normalized spacial score (nSPS) is 18.2. The minimum absolute atomic E-state index is 0.0395. The second-order valence-electron chi connectivity index (χ2n) is 6.94. The van der Waals surface area contributed by atoms with E-state index in [1.165, 1.54) is 0 Å². The minimum atomic E-state index is -0.249. The van der Waals surface area contributed by atoms with Crippen LogP contribution in [0.2, 0.25) is 0 Å². The molecule has 2 aromatic rings. The molecule has 122 valence electrons. The lowest BCUT2D eigenvalue weighted by Gasteiger charge is -2.28. The van der Waals surface area contributed by atoms with Crippen molar-refractivity contribution in [3.05, 3.63) is 36.2 Å². The van der Waals surface area contributed by atoms with Crippen LogP contribution in [0.3, 0.4) is 0 Å². The summed E-state index contributed by atoms with van der Waals surface area (Å²) in [6, 6.07) is 9.76. The van der Waals surface area contributed by atoms with Crippen molar-refractivity contribution in [2.24, 2.45) is 0 Å². The van der Waals surface area contributed by atoms with Gasteiger partial charge in [-0.05, 0) is 33.6 Å². The second kappa shape index (κ2) is 6.02. The van der Waals surface area contributed by atoms with Gasteiger partial charge in [0.2, 0.25) is 0 Å². The molecule has 0 unspecified atom stereocenters. The van der Waals surface area contributed by atoms with Crippen molar-refractivity contribution in [3.8, 4) is 11.4 Å². The molecule has 0 spiro atoms. The van der Waals surface area contributed by atoms with Gasteiger partial charge in [-0.25, -0.2) is 9.78 Å². The third-order valence-corrected chi connectivity index (χ3v) is 3.85. The fourth-order valence-corrected chi connectivity index (χ4v) is 2.83. The molecule has 3 rings (SSSR count). The highest BCUT2D eigenvalue weighted by molar-refractivity contribution is 5.75. The Labute approximate surface area is 136 Å². The lowest BCUT2D eigenvalue weighted by Crippen LogP contribution is -2.48. The summed E-state index contributed by atoms with van der Waals surface area (Å²) in [7, 11) is 0. The van der Waals surface area contributed by atoms with Gasteiger partial charge in [0, 0.05) is 17.6 Å². The van der Waals surface area contributed by atoms with Gasteiger partial charge in [0.15, 0.2) is 5.82 Å². The number of likely N-dealkylation sites (tertiary alicyclic amines) is 1. The van der Waals surface area contributed by atoms with E-state index in [0.717, 1.165) is 30.8 Å². The van der Waals surface area contributed by atoms with Crippen LogP contribution >= 0.6 is 0 Å². The molecule has 6 nitrogen and oxygen atoms in total. The number of hydrogen-bond acceptors (Lipinski definition) is 3. The van der Waals surface area contributed by atoms with E-state index in [9.17, 15) is 4.79 Å². The molecule has 2 heterocycles. The summed E-state index contributed by atoms with van der Waals surface area (Å²) < 4.78 is 0. The Bertz CT molecular complexity index is 674. The van der Waals surface area contributed by atoms with Crippen LogP contribution in [0, 0.1) is 0 Å². The largest absolute Gasteiger partial charge is 0.333 e. The SMILES string of the molecule is CC(C)(C)NC(=O)N1CCC[C@H]1c1nc(-c2ccccc2)n[nH]1. The Balaban J connectivity index is 1.78. The quantitative estimate of drug-likeness (QED) is 0.894. The molecule has 1 atom stereocenters. The summed E-state index contributed by atoms with van der Waals surface area (Å²) in [6.07, 6.45) is 1.88. The standard InChI is InChI=1S/C17H23N5O/c1-17(2,3)19-16(23)22-11-7-10-13(22)15-18-14(20-21-15)12-8-5-4-6-9-12/h4-6,8-9,13H,7,10-11H2,1-3H3,(H,19,23)(H,18,20,21)/t13-/m0/s1. The van der Waals surface area contributed by atoms with Crippen molar-refractivity contribution in [2.45, 2.75) is 45.2 Å². The highest BCUT2D eigenvalue weighted by atomic mass is 16.2. The smallest absolute Gasteiger partial charge is 0.318 e. The van der Waals surface area contributed by atoms with Gasteiger partial charge in [-0.15, -0.1) is 0 Å². The first-order valence-electron chi connectivity index (χ1n) is 8.00. The van der Waals surface area contributed by atoms with Crippen LogP contribution in [0.25, 0.3) is 11.4 Å². The van der Waals surface area contributed by atoms with Crippen LogP contribution in [0.1, 0.15) is 45.5 Å². The summed E-state index contributed by atoms with van der Waals surface area (Å²) in [5.41, 5.74) is 0.722. The van der Waals surface area contributed by atoms with Crippen molar-refractivity contribution in [1.82, 2.24) is 25.4 Å². The van der Waals surface area contributed by atoms with E-state index >= 15 is 0 Å². The van der Waals surface area contributed by atoms with Gasteiger partial charge in [0.25, 0.3) is 0 Å². The van der Waals surface area contributed by atoms with E-state index in [4.69, 9.17) is 0 Å². The molecule has 0 saturated carbocycles. The van der Waals surface area contributed by atoms with E-state index in [-0.39, 0.29) is 17.6 Å². The molecule has 1 aliphatic heterocycles. The first-order chi connectivity index (χ1) is 10.9. The highest BCUT2D eigenvalue weighted by Crippen LogP contribution is 2.31. The minimum Gasteiger partial charge on any atom is -0.333 e. The zero-order chi connectivity index (χ0) is 16.4. The topological polar surface area (TPSA) is 73.9 Å². The molecule has 1 aromatic heterocycles. The third-order valence-electron chi connectivity index (χ3n) is 3.85. The molecule has 1 fully saturated rings. The van der Waals surface area contributed by atoms with E-state index < -0.39 is 0 Å². The lowest BCUT2D eigenvalue weighted by atomic mass is 10.1. The van der Waals surface area contributed by atoms with E-state index in [2.05, 4.69) is 20.5 Å². The number of nitrogens with one attached hydrogen (secondary N) is 2. The first-order valence-corrected chi connectivity index (χ1v) is 8.00. The molecule has 1 aliphatic rings. The molecule has 23 heavy (non-hydrogen) atoms. The van der Waals surface area contributed by atoms with Crippen molar-refractivity contribution in [1.29, 1.82) is 0 Å². The number of carbonyl (C=O) groups excluding carboxylic acids is 1. The molecule has 2 amide bonds. The Morgan fingerprint density at radius 2 is 2.04 bits per heavy atom. The van der Waals surface area contributed by atoms with Gasteiger partial charge in [0.05, 0.1) is 6.04 Å². The number of H-pyrrole nitrogens is 1. The monoisotopic (exact) mass is 313 g/mol. The van der Waals surface area contributed by atoms with Crippen LogP contribution in [0.15, 0.2) is 30.3 Å². The maximum Gasteiger partial charge on any atom is 0.318 e. The van der Waals surface area contributed by atoms with Crippen molar-refractivity contribution >= 4 is 6.03 Å². The number of hydrogen-bond donors (Lipinski definition) is 2. The average molecular weight is 313 g/mol. The summed E-state index contributed by atoms with van der Waals surface area (Å²) in [4.78, 5) is 18.9. The van der Waals surface area contributed by atoms with E-state index in [1.807, 2.05) is 56.0 Å². The Hall–Kier alpha value is -2.37. The molecule has 2 N–H and O–H groups in total.